The third kappa shape index (κ3) is 4.03. The van der Waals surface area contributed by atoms with Gasteiger partial charge in [-0.05, 0) is 37.1 Å². The molecule has 9 heteroatoms. The van der Waals surface area contributed by atoms with E-state index in [-0.39, 0.29) is 34.8 Å². The van der Waals surface area contributed by atoms with Gasteiger partial charge in [0.05, 0.1) is 23.3 Å². The molecule has 34 heavy (non-hydrogen) atoms. The van der Waals surface area contributed by atoms with Gasteiger partial charge in [-0.25, -0.2) is 14.4 Å². The Bertz CT molecular complexity index is 1260. The minimum absolute atomic E-state index is 0.0182. The lowest BCUT2D eigenvalue weighted by molar-refractivity contribution is -0.131. The zero-order valence-electron chi connectivity index (χ0n) is 18.6. The van der Waals surface area contributed by atoms with Crippen molar-refractivity contribution in [3.8, 4) is 11.5 Å². The molecule has 2 bridgehead atoms. The first-order valence-corrected chi connectivity index (χ1v) is 11.5. The van der Waals surface area contributed by atoms with E-state index in [1.54, 1.807) is 25.3 Å². The highest BCUT2D eigenvalue weighted by atomic mass is 35.5. The molecule has 0 radical (unpaired) electrons. The monoisotopic (exact) mass is 482 g/mol. The van der Waals surface area contributed by atoms with Gasteiger partial charge >= 0.3 is 0 Å². The van der Waals surface area contributed by atoms with E-state index >= 15 is 0 Å². The summed E-state index contributed by atoms with van der Waals surface area (Å²) in [4.78, 5) is 22.8. The smallest absolute Gasteiger partial charge is 0.246 e. The molecule has 2 aliphatic heterocycles. The summed E-state index contributed by atoms with van der Waals surface area (Å²) >= 11 is 5.92. The number of halogens is 2. The van der Waals surface area contributed by atoms with Crippen molar-refractivity contribution in [3.05, 3.63) is 60.2 Å². The normalized spacial score (nSPS) is 21.4. The summed E-state index contributed by atoms with van der Waals surface area (Å²) in [6, 6.07) is 8.60. The van der Waals surface area contributed by atoms with Gasteiger partial charge in [-0.1, -0.05) is 24.2 Å². The highest BCUT2D eigenvalue weighted by Crippen LogP contribution is 2.41. The molecule has 0 aliphatic carbocycles. The lowest BCUT2D eigenvalue weighted by atomic mass is 9.99. The van der Waals surface area contributed by atoms with Crippen LogP contribution in [0.4, 0.5) is 15.9 Å². The first-order valence-electron chi connectivity index (χ1n) is 11.1. The van der Waals surface area contributed by atoms with E-state index in [4.69, 9.17) is 21.1 Å². The molecule has 2 aliphatic rings. The Morgan fingerprint density at radius 1 is 1.24 bits per heavy atom. The molecule has 176 valence electrons. The number of carbonyl (C=O) groups is 1. The highest BCUT2D eigenvalue weighted by Gasteiger charge is 2.43. The number of methoxy groups -OCH3 is 1. The minimum atomic E-state index is -0.558. The van der Waals surface area contributed by atoms with Gasteiger partial charge in [0.25, 0.3) is 0 Å². The van der Waals surface area contributed by atoms with Crippen LogP contribution in [0.1, 0.15) is 25.7 Å². The van der Waals surface area contributed by atoms with Crippen LogP contribution >= 0.6 is 11.6 Å². The van der Waals surface area contributed by atoms with Crippen LogP contribution in [0, 0.1) is 5.82 Å². The lowest BCUT2D eigenvalue weighted by Crippen LogP contribution is -2.48. The molecule has 7 nitrogen and oxygen atoms in total. The van der Waals surface area contributed by atoms with Crippen LogP contribution in [0.3, 0.4) is 0 Å². The molecule has 5 rings (SSSR count). The van der Waals surface area contributed by atoms with Crippen molar-refractivity contribution in [1.82, 2.24) is 14.9 Å². The summed E-state index contributed by atoms with van der Waals surface area (Å²) < 4.78 is 26.5. The quantitative estimate of drug-likeness (QED) is 0.483. The lowest BCUT2D eigenvalue weighted by Gasteiger charge is -2.38. The van der Waals surface area contributed by atoms with E-state index in [0.717, 1.165) is 25.7 Å². The maximum absolute atomic E-state index is 14.5. The second kappa shape index (κ2) is 9.10. The van der Waals surface area contributed by atoms with Crippen LogP contribution in [0.5, 0.6) is 11.5 Å². The number of nitrogens with one attached hydrogen (secondary N) is 1. The Morgan fingerprint density at radius 3 is 2.71 bits per heavy atom. The topological polar surface area (TPSA) is 76.6 Å². The SMILES string of the molecule is C=CC(=O)N1C2CC[C@@H]1C[C@@H](Oc1cc3c(Nc4cccc(Cl)c4F)ncnc3cc1OC)C2. The molecule has 1 unspecified atom stereocenters. The van der Waals surface area contributed by atoms with Crippen LogP contribution < -0.4 is 14.8 Å². The fraction of sp³-hybridized carbons (Fsp3) is 0.320. The van der Waals surface area contributed by atoms with Crippen molar-refractivity contribution >= 4 is 39.9 Å². The van der Waals surface area contributed by atoms with Gasteiger partial charge in [-0.2, -0.15) is 0 Å². The average Bonchev–Trinajstić information content (AvgIpc) is 3.11. The van der Waals surface area contributed by atoms with E-state index in [0.29, 0.717) is 28.2 Å². The summed E-state index contributed by atoms with van der Waals surface area (Å²) in [5.74, 6) is 0.938. The standard InChI is InChI=1S/C25H24ClFN4O3/c1-3-23(32)31-14-7-8-15(31)10-16(9-14)34-22-11-17-20(12-21(22)33-2)28-13-29-25(17)30-19-6-4-5-18(26)24(19)27/h3-6,11-16H,1,7-10H2,2H3,(H,28,29,30)/t14-,15?,16-/m1/s1. The van der Waals surface area contributed by atoms with Crippen molar-refractivity contribution < 1.29 is 18.7 Å². The Hall–Kier alpha value is -3.39. The molecular formula is C25H24ClFN4O3. The van der Waals surface area contributed by atoms with E-state index in [1.807, 2.05) is 11.0 Å². The van der Waals surface area contributed by atoms with Crippen molar-refractivity contribution in [1.29, 1.82) is 0 Å². The molecule has 0 saturated carbocycles. The van der Waals surface area contributed by atoms with Gasteiger partial charge in [0.2, 0.25) is 5.91 Å². The first kappa shape index (κ1) is 22.4. The number of benzene rings is 2. The van der Waals surface area contributed by atoms with Crippen molar-refractivity contribution in [2.75, 3.05) is 12.4 Å². The van der Waals surface area contributed by atoms with Gasteiger partial charge in [0.15, 0.2) is 17.3 Å². The van der Waals surface area contributed by atoms with Gasteiger partial charge < -0.3 is 19.7 Å². The minimum Gasteiger partial charge on any atom is -0.493 e. The number of ether oxygens (including phenoxy) is 2. The molecule has 2 saturated heterocycles. The number of anilines is 2. The number of nitrogens with zero attached hydrogens (tertiary/aromatic N) is 3. The van der Waals surface area contributed by atoms with Crippen LogP contribution in [-0.4, -0.2) is 46.1 Å². The predicted molar refractivity (Wildman–Crippen MR) is 128 cm³/mol. The van der Waals surface area contributed by atoms with Gasteiger partial charge in [0.1, 0.15) is 18.2 Å². The maximum atomic E-state index is 14.5. The number of hydrogen-bond acceptors (Lipinski definition) is 6. The highest BCUT2D eigenvalue weighted by molar-refractivity contribution is 6.31. The third-order valence-corrected chi connectivity index (χ3v) is 6.83. The van der Waals surface area contributed by atoms with Crippen molar-refractivity contribution in [3.63, 3.8) is 0 Å². The predicted octanol–water partition coefficient (Wildman–Crippen LogP) is 5.26. The van der Waals surface area contributed by atoms with Crippen LogP contribution in [0.15, 0.2) is 49.3 Å². The van der Waals surface area contributed by atoms with E-state index < -0.39 is 5.82 Å². The van der Waals surface area contributed by atoms with Gasteiger partial charge in [0, 0.05) is 36.4 Å². The number of piperidine rings is 1. The summed E-state index contributed by atoms with van der Waals surface area (Å²) in [7, 11) is 1.57. The number of hydrogen-bond donors (Lipinski definition) is 1. The average molecular weight is 483 g/mol. The molecule has 3 atom stereocenters. The molecule has 1 aromatic heterocycles. The van der Waals surface area contributed by atoms with Gasteiger partial charge in [-0.3, -0.25) is 4.79 Å². The van der Waals surface area contributed by atoms with Crippen molar-refractivity contribution in [2.24, 2.45) is 0 Å². The number of fused-ring (bicyclic) bond motifs is 3. The fourth-order valence-electron chi connectivity index (χ4n) is 5.01. The Labute approximate surface area is 201 Å². The molecule has 2 fully saturated rings. The van der Waals surface area contributed by atoms with E-state index in [2.05, 4.69) is 21.9 Å². The molecule has 3 heterocycles. The number of carbonyl (C=O) groups excluding carboxylic acids is 1. The number of aromatic nitrogens is 2. The number of amides is 1. The second-order valence-corrected chi connectivity index (χ2v) is 8.92. The number of rotatable bonds is 6. The van der Waals surface area contributed by atoms with Crippen LogP contribution in [-0.2, 0) is 4.79 Å². The Morgan fingerprint density at radius 2 is 2.00 bits per heavy atom. The summed E-state index contributed by atoms with van der Waals surface area (Å²) in [5, 5.41) is 3.68. The molecule has 1 N–H and O–H groups in total. The van der Waals surface area contributed by atoms with Crippen molar-refractivity contribution in [2.45, 2.75) is 43.9 Å². The van der Waals surface area contributed by atoms with E-state index in [1.165, 1.54) is 18.5 Å². The fourth-order valence-corrected chi connectivity index (χ4v) is 5.19. The van der Waals surface area contributed by atoms with Crippen LogP contribution in [0.2, 0.25) is 5.02 Å². The second-order valence-electron chi connectivity index (χ2n) is 8.51. The summed E-state index contributed by atoms with van der Waals surface area (Å²) in [5.41, 5.74) is 0.831. The largest absolute Gasteiger partial charge is 0.493 e. The third-order valence-electron chi connectivity index (χ3n) is 6.54. The molecule has 2 aromatic carbocycles. The van der Waals surface area contributed by atoms with E-state index in [9.17, 15) is 9.18 Å². The summed E-state index contributed by atoms with van der Waals surface area (Å²) in [6.07, 6.45) is 6.12. The first-order chi connectivity index (χ1) is 16.5. The zero-order valence-corrected chi connectivity index (χ0v) is 19.4. The Kier molecular flexibility index (Phi) is 6.00. The maximum Gasteiger partial charge on any atom is 0.246 e. The molecule has 1 amide bonds. The molecule has 3 aromatic rings. The van der Waals surface area contributed by atoms with Gasteiger partial charge in [-0.15, -0.1) is 0 Å². The summed E-state index contributed by atoms with van der Waals surface area (Å²) in [6.45, 7) is 3.63. The van der Waals surface area contributed by atoms with Crippen LogP contribution in [0.25, 0.3) is 10.9 Å². The molecule has 0 spiro atoms. The molecular weight excluding hydrogens is 459 g/mol. The Balaban J connectivity index is 1.45. The zero-order chi connectivity index (χ0) is 23.8.